The van der Waals surface area contributed by atoms with Gasteiger partial charge in [0.15, 0.2) is 0 Å². The highest BCUT2D eigenvalue weighted by molar-refractivity contribution is 5.94. The van der Waals surface area contributed by atoms with Gasteiger partial charge in [-0.05, 0) is 60.9 Å². The van der Waals surface area contributed by atoms with Crippen molar-refractivity contribution in [2.45, 2.75) is 31.9 Å². The minimum Gasteiger partial charge on any atom is -0.493 e. The molecule has 1 aromatic heterocycles. The molecule has 1 amide bonds. The fourth-order valence-corrected chi connectivity index (χ4v) is 3.75. The zero-order chi connectivity index (χ0) is 22.2. The van der Waals surface area contributed by atoms with Gasteiger partial charge < -0.3 is 14.4 Å². The molecular weight excluding hydrogens is 402 g/mol. The van der Waals surface area contributed by atoms with Crippen LogP contribution in [0.5, 0.6) is 5.75 Å². The number of terminal acetylenes is 1. The smallest absolute Gasteiger partial charge is 0.254 e. The van der Waals surface area contributed by atoms with Crippen molar-refractivity contribution in [1.82, 2.24) is 14.7 Å². The average Bonchev–Trinajstić information content (AvgIpc) is 3.54. The number of nitrogens with zero attached hydrogens (tertiary/aromatic N) is 3. The van der Waals surface area contributed by atoms with E-state index in [9.17, 15) is 4.79 Å². The maximum atomic E-state index is 13.4. The second kappa shape index (κ2) is 10.7. The lowest BCUT2D eigenvalue weighted by molar-refractivity contribution is 0.0507. The Morgan fingerprint density at radius 3 is 2.69 bits per heavy atom. The Kier molecular flexibility index (Phi) is 7.21. The minimum absolute atomic E-state index is 0.0122. The van der Waals surface area contributed by atoms with E-state index in [-0.39, 0.29) is 12.0 Å². The summed E-state index contributed by atoms with van der Waals surface area (Å²) in [5, 5.41) is 4.24. The number of aromatic nitrogens is 2. The van der Waals surface area contributed by atoms with Crippen LogP contribution in [0.4, 0.5) is 0 Å². The molecule has 1 saturated heterocycles. The summed E-state index contributed by atoms with van der Waals surface area (Å²) in [4.78, 5) is 15.2. The van der Waals surface area contributed by atoms with Gasteiger partial charge in [0.2, 0.25) is 0 Å². The molecule has 3 aromatic rings. The van der Waals surface area contributed by atoms with Crippen LogP contribution in [0.2, 0.25) is 0 Å². The molecule has 1 atom stereocenters. The van der Waals surface area contributed by atoms with Crippen LogP contribution in [-0.2, 0) is 11.3 Å². The third-order valence-electron chi connectivity index (χ3n) is 5.43. The van der Waals surface area contributed by atoms with Gasteiger partial charge in [-0.25, -0.2) is 4.68 Å². The number of carbonyl (C=O) groups excluding carboxylic acids is 1. The van der Waals surface area contributed by atoms with Crippen molar-refractivity contribution in [3.63, 3.8) is 0 Å². The fourth-order valence-electron chi connectivity index (χ4n) is 3.75. The zero-order valence-corrected chi connectivity index (χ0v) is 18.0. The molecule has 6 nitrogen and oxygen atoms in total. The van der Waals surface area contributed by atoms with Crippen LogP contribution in [-0.4, -0.2) is 46.5 Å². The van der Waals surface area contributed by atoms with E-state index in [1.807, 2.05) is 65.7 Å². The first-order chi connectivity index (χ1) is 15.7. The maximum Gasteiger partial charge on any atom is 0.254 e. The minimum atomic E-state index is -0.0122. The predicted molar refractivity (Wildman–Crippen MR) is 123 cm³/mol. The molecule has 6 heteroatoms. The van der Waals surface area contributed by atoms with Crippen LogP contribution in [0.15, 0.2) is 67.0 Å². The Labute approximate surface area is 188 Å². The quantitative estimate of drug-likeness (QED) is 0.380. The molecular formula is C26H27N3O3. The van der Waals surface area contributed by atoms with E-state index in [0.717, 1.165) is 36.4 Å². The molecule has 0 saturated carbocycles. The Morgan fingerprint density at radius 1 is 1.22 bits per heavy atom. The summed E-state index contributed by atoms with van der Waals surface area (Å²) < 4.78 is 13.2. The number of carbonyl (C=O) groups is 1. The van der Waals surface area contributed by atoms with E-state index >= 15 is 0 Å². The molecule has 0 spiro atoms. The van der Waals surface area contributed by atoms with Gasteiger partial charge in [0, 0.05) is 44.1 Å². The summed E-state index contributed by atoms with van der Waals surface area (Å²) >= 11 is 0. The Morgan fingerprint density at radius 2 is 2.03 bits per heavy atom. The third-order valence-corrected chi connectivity index (χ3v) is 5.43. The van der Waals surface area contributed by atoms with Crippen LogP contribution >= 0.6 is 0 Å². The normalized spacial score (nSPS) is 15.3. The molecule has 1 aliphatic rings. The number of amides is 1. The molecule has 2 aromatic carbocycles. The van der Waals surface area contributed by atoms with Gasteiger partial charge >= 0.3 is 0 Å². The van der Waals surface area contributed by atoms with Crippen molar-refractivity contribution in [2.75, 3.05) is 19.8 Å². The fraction of sp³-hybridized carbons (Fsp3) is 0.308. The first-order valence-corrected chi connectivity index (χ1v) is 10.9. The van der Waals surface area contributed by atoms with Crippen molar-refractivity contribution >= 4 is 5.91 Å². The molecule has 32 heavy (non-hydrogen) atoms. The third kappa shape index (κ3) is 5.57. The number of hydrogen-bond acceptors (Lipinski definition) is 4. The molecule has 0 N–H and O–H groups in total. The van der Waals surface area contributed by atoms with Crippen LogP contribution in [0.1, 0.15) is 35.2 Å². The highest BCUT2D eigenvalue weighted by Crippen LogP contribution is 2.20. The summed E-state index contributed by atoms with van der Waals surface area (Å²) in [5.41, 5.74) is 2.60. The van der Waals surface area contributed by atoms with Crippen LogP contribution in [0, 0.1) is 12.3 Å². The highest BCUT2D eigenvalue weighted by atomic mass is 16.5. The Bertz CT molecular complexity index is 1030. The van der Waals surface area contributed by atoms with Gasteiger partial charge in [-0.2, -0.15) is 5.10 Å². The Balaban J connectivity index is 1.47. The second-order valence-corrected chi connectivity index (χ2v) is 7.76. The summed E-state index contributed by atoms with van der Waals surface area (Å²) in [6.07, 6.45) is 11.5. The summed E-state index contributed by atoms with van der Waals surface area (Å²) in [6, 6.07) is 17.2. The van der Waals surface area contributed by atoms with Crippen molar-refractivity contribution in [1.29, 1.82) is 0 Å². The van der Waals surface area contributed by atoms with Gasteiger partial charge in [-0.15, -0.1) is 12.3 Å². The number of rotatable bonds is 9. The molecule has 0 radical (unpaired) electrons. The first-order valence-electron chi connectivity index (χ1n) is 10.9. The van der Waals surface area contributed by atoms with Gasteiger partial charge in [-0.3, -0.25) is 4.79 Å². The lowest BCUT2D eigenvalue weighted by Gasteiger charge is -2.26. The van der Waals surface area contributed by atoms with Crippen LogP contribution in [0.3, 0.4) is 0 Å². The largest absolute Gasteiger partial charge is 0.493 e. The summed E-state index contributed by atoms with van der Waals surface area (Å²) in [5.74, 6) is 3.32. The highest BCUT2D eigenvalue weighted by Gasteiger charge is 2.24. The van der Waals surface area contributed by atoms with E-state index < -0.39 is 0 Å². The molecule has 164 valence electrons. The zero-order valence-electron chi connectivity index (χ0n) is 18.0. The van der Waals surface area contributed by atoms with Crippen molar-refractivity contribution in [3.05, 3.63) is 78.1 Å². The van der Waals surface area contributed by atoms with Crippen LogP contribution in [0.25, 0.3) is 5.69 Å². The topological polar surface area (TPSA) is 56.6 Å². The lowest BCUT2D eigenvalue weighted by atomic mass is 10.1. The molecule has 4 rings (SSSR count). The molecule has 0 bridgehead atoms. The van der Waals surface area contributed by atoms with Crippen molar-refractivity contribution in [2.24, 2.45) is 0 Å². The van der Waals surface area contributed by atoms with Crippen molar-refractivity contribution < 1.29 is 14.3 Å². The van der Waals surface area contributed by atoms with E-state index in [1.54, 1.807) is 10.9 Å². The van der Waals surface area contributed by atoms with Crippen molar-refractivity contribution in [3.8, 4) is 23.8 Å². The molecule has 1 aliphatic heterocycles. The second-order valence-electron chi connectivity index (χ2n) is 7.76. The SMILES string of the molecule is C#CCCOc1ccc(CN(C[C@@H]2CCCO2)C(=O)c2ccc(-n3cccn3)cc2)cc1. The molecule has 2 heterocycles. The standard InChI is InChI=1S/C26H27N3O3/c1-2-3-17-31-24-13-7-21(8-14-24)19-28(20-25-6-4-18-32-25)26(30)22-9-11-23(12-10-22)29-16-5-15-27-29/h1,5,7-16,25H,3-4,6,17-20H2/t25-/m0/s1. The van der Waals surface area contributed by atoms with E-state index in [0.29, 0.717) is 31.7 Å². The molecule has 1 fully saturated rings. The maximum absolute atomic E-state index is 13.4. The first kappa shape index (κ1) is 21.7. The lowest BCUT2D eigenvalue weighted by Crippen LogP contribution is -2.37. The Hall–Kier alpha value is -3.56. The van der Waals surface area contributed by atoms with Gasteiger partial charge in [0.1, 0.15) is 5.75 Å². The summed E-state index contributed by atoms with van der Waals surface area (Å²) in [7, 11) is 0. The molecule has 0 unspecified atom stereocenters. The average molecular weight is 430 g/mol. The van der Waals surface area contributed by atoms with E-state index in [2.05, 4.69) is 11.0 Å². The van der Waals surface area contributed by atoms with E-state index in [4.69, 9.17) is 15.9 Å². The van der Waals surface area contributed by atoms with Gasteiger partial charge in [0.05, 0.1) is 18.4 Å². The number of hydrogen-bond donors (Lipinski definition) is 0. The van der Waals surface area contributed by atoms with E-state index in [1.165, 1.54) is 0 Å². The van der Waals surface area contributed by atoms with Crippen LogP contribution < -0.4 is 4.74 Å². The number of ether oxygens (including phenoxy) is 2. The number of benzene rings is 2. The monoisotopic (exact) mass is 429 g/mol. The van der Waals surface area contributed by atoms with Gasteiger partial charge in [-0.1, -0.05) is 12.1 Å². The predicted octanol–water partition coefficient (Wildman–Crippen LogP) is 4.10. The summed E-state index contributed by atoms with van der Waals surface area (Å²) in [6.45, 7) is 2.33. The van der Waals surface area contributed by atoms with Gasteiger partial charge in [0.25, 0.3) is 5.91 Å². The molecule has 0 aliphatic carbocycles.